The molecule has 98 valence electrons. The van der Waals surface area contributed by atoms with E-state index in [0.717, 1.165) is 41.7 Å². The SMILES string of the molecule is CCc1ccc(-c2nc(CNCC(C)C)cs2)o1. The van der Waals surface area contributed by atoms with Crippen LogP contribution in [0, 0.1) is 5.92 Å². The Hall–Kier alpha value is -1.13. The van der Waals surface area contributed by atoms with Crippen molar-refractivity contribution >= 4 is 11.3 Å². The molecule has 0 aliphatic carbocycles. The largest absolute Gasteiger partial charge is 0.459 e. The van der Waals surface area contributed by atoms with Gasteiger partial charge in [-0.25, -0.2) is 4.98 Å². The van der Waals surface area contributed by atoms with E-state index in [2.05, 4.69) is 36.5 Å². The van der Waals surface area contributed by atoms with Crippen molar-refractivity contribution in [2.24, 2.45) is 5.92 Å². The van der Waals surface area contributed by atoms with Crippen molar-refractivity contribution < 1.29 is 4.42 Å². The van der Waals surface area contributed by atoms with E-state index in [1.807, 2.05) is 12.1 Å². The van der Waals surface area contributed by atoms with E-state index in [9.17, 15) is 0 Å². The minimum Gasteiger partial charge on any atom is -0.459 e. The maximum absolute atomic E-state index is 5.70. The maximum Gasteiger partial charge on any atom is 0.162 e. The van der Waals surface area contributed by atoms with Crippen molar-refractivity contribution in [3.05, 3.63) is 29.0 Å². The van der Waals surface area contributed by atoms with Gasteiger partial charge < -0.3 is 9.73 Å². The number of hydrogen-bond acceptors (Lipinski definition) is 4. The van der Waals surface area contributed by atoms with Gasteiger partial charge in [-0.2, -0.15) is 0 Å². The van der Waals surface area contributed by atoms with Crippen LogP contribution in [0.3, 0.4) is 0 Å². The zero-order valence-corrected chi connectivity index (χ0v) is 12.0. The average Bonchev–Trinajstić information content (AvgIpc) is 2.95. The molecule has 0 unspecified atom stereocenters. The lowest BCUT2D eigenvalue weighted by atomic mass is 10.2. The van der Waals surface area contributed by atoms with Crippen molar-refractivity contribution in [1.82, 2.24) is 10.3 Å². The highest BCUT2D eigenvalue weighted by Crippen LogP contribution is 2.25. The summed E-state index contributed by atoms with van der Waals surface area (Å²) < 4.78 is 5.70. The topological polar surface area (TPSA) is 38.1 Å². The van der Waals surface area contributed by atoms with Crippen LogP contribution >= 0.6 is 11.3 Å². The molecule has 0 atom stereocenters. The Labute approximate surface area is 112 Å². The van der Waals surface area contributed by atoms with Crippen LogP contribution in [0.5, 0.6) is 0 Å². The lowest BCUT2D eigenvalue weighted by molar-refractivity contribution is 0.528. The molecule has 3 nitrogen and oxygen atoms in total. The fourth-order valence-electron chi connectivity index (χ4n) is 1.67. The molecule has 0 radical (unpaired) electrons. The Balaban J connectivity index is 1.97. The molecule has 0 aliphatic rings. The summed E-state index contributed by atoms with van der Waals surface area (Å²) >= 11 is 1.64. The second-order valence-corrected chi connectivity index (χ2v) is 5.65. The van der Waals surface area contributed by atoms with Crippen LogP contribution in [0.2, 0.25) is 0 Å². The standard InChI is InChI=1S/C14H20N2OS/c1-4-12-5-6-13(17-12)14-16-11(9-18-14)8-15-7-10(2)3/h5-6,9-10,15H,4,7-8H2,1-3H3. The molecule has 0 aromatic carbocycles. The molecule has 0 bridgehead atoms. The number of aryl methyl sites for hydroxylation is 1. The number of nitrogens with zero attached hydrogens (tertiary/aromatic N) is 1. The van der Waals surface area contributed by atoms with Gasteiger partial charge in [0.1, 0.15) is 5.76 Å². The van der Waals surface area contributed by atoms with E-state index < -0.39 is 0 Å². The Morgan fingerprint density at radius 1 is 1.39 bits per heavy atom. The molecular weight excluding hydrogens is 244 g/mol. The summed E-state index contributed by atoms with van der Waals surface area (Å²) in [5.74, 6) is 2.56. The quantitative estimate of drug-likeness (QED) is 0.864. The normalized spacial score (nSPS) is 11.3. The molecular formula is C14H20N2OS. The molecule has 0 saturated carbocycles. The zero-order chi connectivity index (χ0) is 13.0. The first-order valence-electron chi connectivity index (χ1n) is 6.43. The van der Waals surface area contributed by atoms with Crippen molar-refractivity contribution in [2.45, 2.75) is 33.7 Å². The van der Waals surface area contributed by atoms with Crippen LogP contribution in [-0.4, -0.2) is 11.5 Å². The van der Waals surface area contributed by atoms with Gasteiger partial charge in [0.2, 0.25) is 0 Å². The molecule has 0 aliphatic heterocycles. The average molecular weight is 264 g/mol. The van der Waals surface area contributed by atoms with Gasteiger partial charge in [-0.3, -0.25) is 0 Å². The minimum absolute atomic E-state index is 0.667. The predicted molar refractivity (Wildman–Crippen MR) is 75.7 cm³/mol. The van der Waals surface area contributed by atoms with Gasteiger partial charge in [-0.15, -0.1) is 11.3 Å². The molecule has 18 heavy (non-hydrogen) atoms. The van der Waals surface area contributed by atoms with Crippen molar-refractivity contribution in [3.8, 4) is 10.8 Å². The number of aromatic nitrogens is 1. The molecule has 2 aromatic rings. The van der Waals surface area contributed by atoms with Gasteiger partial charge in [0.15, 0.2) is 10.8 Å². The van der Waals surface area contributed by atoms with Crippen LogP contribution in [0.15, 0.2) is 21.9 Å². The van der Waals surface area contributed by atoms with E-state index in [-0.39, 0.29) is 0 Å². The predicted octanol–water partition coefficient (Wildman–Crippen LogP) is 3.71. The summed E-state index contributed by atoms with van der Waals surface area (Å²) in [5.41, 5.74) is 1.09. The number of furan rings is 1. The number of thiazole rings is 1. The smallest absolute Gasteiger partial charge is 0.162 e. The molecule has 2 rings (SSSR count). The number of rotatable bonds is 6. The van der Waals surface area contributed by atoms with Gasteiger partial charge >= 0.3 is 0 Å². The van der Waals surface area contributed by atoms with E-state index >= 15 is 0 Å². The Bertz CT molecular complexity index is 487. The Morgan fingerprint density at radius 3 is 2.89 bits per heavy atom. The van der Waals surface area contributed by atoms with E-state index in [0.29, 0.717) is 5.92 Å². The van der Waals surface area contributed by atoms with Crippen LogP contribution in [0.25, 0.3) is 10.8 Å². The van der Waals surface area contributed by atoms with Gasteiger partial charge in [-0.1, -0.05) is 20.8 Å². The second kappa shape index (κ2) is 6.16. The van der Waals surface area contributed by atoms with Gasteiger partial charge in [0.25, 0.3) is 0 Å². The summed E-state index contributed by atoms with van der Waals surface area (Å²) in [7, 11) is 0. The molecule has 0 spiro atoms. The highest BCUT2D eigenvalue weighted by molar-refractivity contribution is 7.13. The van der Waals surface area contributed by atoms with E-state index in [1.54, 1.807) is 11.3 Å². The Kier molecular flexibility index (Phi) is 4.55. The van der Waals surface area contributed by atoms with Gasteiger partial charge in [0, 0.05) is 18.3 Å². The molecule has 1 N–H and O–H groups in total. The third-order valence-corrected chi connectivity index (χ3v) is 3.54. The summed E-state index contributed by atoms with van der Waals surface area (Å²) in [6.07, 6.45) is 0.925. The van der Waals surface area contributed by atoms with Crippen LogP contribution in [0.1, 0.15) is 32.2 Å². The van der Waals surface area contributed by atoms with Crippen molar-refractivity contribution in [3.63, 3.8) is 0 Å². The molecule has 2 heterocycles. The second-order valence-electron chi connectivity index (χ2n) is 4.79. The Morgan fingerprint density at radius 2 is 2.22 bits per heavy atom. The van der Waals surface area contributed by atoms with Crippen LogP contribution in [-0.2, 0) is 13.0 Å². The highest BCUT2D eigenvalue weighted by Gasteiger charge is 2.08. The first kappa shape index (κ1) is 13.3. The molecule has 4 heteroatoms. The van der Waals surface area contributed by atoms with Crippen LogP contribution < -0.4 is 5.32 Å². The summed E-state index contributed by atoms with van der Waals surface area (Å²) in [6, 6.07) is 4.02. The third kappa shape index (κ3) is 3.43. The van der Waals surface area contributed by atoms with Gasteiger partial charge in [-0.05, 0) is 24.6 Å². The van der Waals surface area contributed by atoms with E-state index in [4.69, 9.17) is 4.42 Å². The molecule has 0 saturated heterocycles. The minimum atomic E-state index is 0.667. The maximum atomic E-state index is 5.70. The fraction of sp³-hybridized carbons (Fsp3) is 0.500. The lowest BCUT2D eigenvalue weighted by Gasteiger charge is -2.04. The molecule has 0 amide bonds. The van der Waals surface area contributed by atoms with Gasteiger partial charge in [0.05, 0.1) is 5.69 Å². The van der Waals surface area contributed by atoms with E-state index in [1.165, 1.54) is 0 Å². The number of hydrogen-bond donors (Lipinski definition) is 1. The van der Waals surface area contributed by atoms with Crippen LogP contribution in [0.4, 0.5) is 0 Å². The zero-order valence-electron chi connectivity index (χ0n) is 11.2. The van der Waals surface area contributed by atoms with Crippen molar-refractivity contribution in [2.75, 3.05) is 6.54 Å². The van der Waals surface area contributed by atoms with Crippen molar-refractivity contribution in [1.29, 1.82) is 0 Å². The third-order valence-electron chi connectivity index (χ3n) is 2.63. The monoisotopic (exact) mass is 264 g/mol. The summed E-state index contributed by atoms with van der Waals surface area (Å²) in [5, 5.41) is 6.46. The first-order valence-corrected chi connectivity index (χ1v) is 7.31. The number of nitrogens with one attached hydrogen (secondary N) is 1. The molecule has 0 fully saturated rings. The first-order chi connectivity index (χ1) is 8.69. The fourth-order valence-corrected chi connectivity index (χ4v) is 2.45. The molecule has 2 aromatic heterocycles. The summed E-state index contributed by atoms with van der Waals surface area (Å²) in [4.78, 5) is 4.59. The lowest BCUT2D eigenvalue weighted by Crippen LogP contribution is -2.19. The summed E-state index contributed by atoms with van der Waals surface area (Å²) in [6.45, 7) is 8.35. The highest BCUT2D eigenvalue weighted by atomic mass is 32.1.